The van der Waals surface area contributed by atoms with Gasteiger partial charge in [0.1, 0.15) is 6.10 Å². The molecule has 0 bridgehead atoms. The van der Waals surface area contributed by atoms with Crippen LogP contribution in [0, 0.1) is 12.8 Å². The minimum atomic E-state index is -0.0187. The van der Waals surface area contributed by atoms with Gasteiger partial charge in [-0.2, -0.15) is 0 Å². The topological polar surface area (TPSA) is 47.0 Å². The number of nitrogens with one attached hydrogen (secondary N) is 1. The van der Waals surface area contributed by atoms with Gasteiger partial charge in [0.25, 0.3) is 0 Å². The van der Waals surface area contributed by atoms with Crippen molar-refractivity contribution >= 4 is 0 Å². The highest BCUT2D eigenvalue weighted by molar-refractivity contribution is 5.11. The van der Waals surface area contributed by atoms with E-state index in [1.54, 1.807) is 0 Å². The van der Waals surface area contributed by atoms with E-state index in [-0.39, 0.29) is 6.10 Å². The van der Waals surface area contributed by atoms with Crippen molar-refractivity contribution in [2.45, 2.75) is 53.7 Å². The zero-order valence-corrected chi connectivity index (χ0v) is 12.9. The van der Waals surface area contributed by atoms with Gasteiger partial charge >= 0.3 is 0 Å². The Hall–Kier alpha value is -1.00. The van der Waals surface area contributed by atoms with Gasteiger partial charge < -0.3 is 10.1 Å². The molecular weight excluding hydrogens is 238 g/mol. The van der Waals surface area contributed by atoms with Crippen molar-refractivity contribution in [2.24, 2.45) is 5.92 Å². The van der Waals surface area contributed by atoms with Gasteiger partial charge in [-0.15, -0.1) is 0 Å². The van der Waals surface area contributed by atoms with Gasteiger partial charge in [0.15, 0.2) is 5.82 Å². The molecule has 0 aliphatic heterocycles. The molecule has 0 saturated heterocycles. The summed E-state index contributed by atoms with van der Waals surface area (Å²) in [6.45, 7) is 12.9. The van der Waals surface area contributed by atoms with Gasteiger partial charge in [0.05, 0.1) is 5.69 Å². The maximum Gasteiger partial charge on any atom is 0.157 e. The normalized spacial score (nSPS) is 12.9. The number of ether oxygens (including phenoxy) is 1. The number of aryl methyl sites for hydroxylation is 1. The number of aromatic nitrogens is 2. The van der Waals surface area contributed by atoms with Crippen molar-refractivity contribution in [3.63, 3.8) is 0 Å². The van der Waals surface area contributed by atoms with Crippen LogP contribution < -0.4 is 5.32 Å². The third-order valence-electron chi connectivity index (χ3n) is 2.86. The van der Waals surface area contributed by atoms with Crippen molar-refractivity contribution < 1.29 is 4.74 Å². The first-order valence-corrected chi connectivity index (χ1v) is 7.25. The van der Waals surface area contributed by atoms with E-state index in [1.807, 2.05) is 19.9 Å². The van der Waals surface area contributed by atoms with Crippen LogP contribution >= 0.6 is 0 Å². The van der Waals surface area contributed by atoms with Crippen LogP contribution in [0.15, 0.2) is 6.07 Å². The first kappa shape index (κ1) is 16.1. The second kappa shape index (κ2) is 8.23. The molecular formula is C15H27N3O. The second-order valence-electron chi connectivity index (χ2n) is 5.16. The SMILES string of the molecule is CCCNCc1cc(C)nc(C(OCC)C(C)C)n1. The van der Waals surface area contributed by atoms with Gasteiger partial charge in [-0.1, -0.05) is 20.8 Å². The predicted octanol–water partition coefficient (Wildman–Crippen LogP) is 3.02. The molecule has 0 radical (unpaired) electrons. The summed E-state index contributed by atoms with van der Waals surface area (Å²) in [5.41, 5.74) is 2.05. The van der Waals surface area contributed by atoms with E-state index < -0.39 is 0 Å². The Morgan fingerprint density at radius 1 is 1.26 bits per heavy atom. The molecule has 0 spiro atoms. The number of rotatable bonds is 8. The summed E-state index contributed by atoms with van der Waals surface area (Å²) in [6, 6.07) is 2.04. The molecule has 19 heavy (non-hydrogen) atoms. The zero-order chi connectivity index (χ0) is 14.3. The van der Waals surface area contributed by atoms with Crippen molar-refractivity contribution in [3.05, 3.63) is 23.3 Å². The fourth-order valence-electron chi connectivity index (χ4n) is 2.01. The molecule has 108 valence electrons. The highest BCUT2D eigenvalue weighted by Crippen LogP contribution is 2.23. The summed E-state index contributed by atoms with van der Waals surface area (Å²) in [5, 5.41) is 3.37. The molecule has 0 aliphatic rings. The van der Waals surface area contributed by atoms with Crippen LogP contribution in [-0.4, -0.2) is 23.1 Å². The number of hydrogen-bond donors (Lipinski definition) is 1. The first-order chi connectivity index (χ1) is 9.08. The standard InChI is InChI=1S/C15H27N3O/c1-6-8-16-10-13-9-12(5)17-15(18-13)14(11(3)4)19-7-2/h9,11,14,16H,6-8,10H2,1-5H3. The van der Waals surface area contributed by atoms with Gasteiger partial charge in [0, 0.05) is 18.8 Å². The fourth-order valence-corrected chi connectivity index (χ4v) is 2.01. The average molecular weight is 265 g/mol. The molecule has 1 heterocycles. The fraction of sp³-hybridized carbons (Fsp3) is 0.733. The summed E-state index contributed by atoms with van der Waals surface area (Å²) < 4.78 is 5.78. The van der Waals surface area contributed by atoms with Gasteiger partial charge in [-0.3, -0.25) is 0 Å². The lowest BCUT2D eigenvalue weighted by atomic mass is 10.1. The third kappa shape index (κ3) is 5.25. The van der Waals surface area contributed by atoms with Crippen molar-refractivity contribution in [3.8, 4) is 0 Å². The van der Waals surface area contributed by atoms with E-state index in [2.05, 4.69) is 36.1 Å². The largest absolute Gasteiger partial charge is 0.370 e. The number of nitrogens with zero attached hydrogens (tertiary/aromatic N) is 2. The quantitative estimate of drug-likeness (QED) is 0.734. The van der Waals surface area contributed by atoms with Crippen LogP contribution in [0.5, 0.6) is 0 Å². The summed E-state index contributed by atoms with van der Waals surface area (Å²) in [7, 11) is 0. The van der Waals surface area contributed by atoms with Crippen LogP contribution in [0.1, 0.15) is 57.4 Å². The highest BCUT2D eigenvalue weighted by atomic mass is 16.5. The highest BCUT2D eigenvalue weighted by Gasteiger charge is 2.19. The molecule has 4 nitrogen and oxygen atoms in total. The van der Waals surface area contributed by atoms with Crippen LogP contribution in [0.2, 0.25) is 0 Å². The van der Waals surface area contributed by atoms with E-state index in [1.165, 1.54) is 0 Å². The second-order valence-corrected chi connectivity index (χ2v) is 5.16. The smallest absolute Gasteiger partial charge is 0.157 e. The van der Waals surface area contributed by atoms with Gasteiger partial charge in [-0.05, 0) is 38.8 Å². The molecule has 1 N–H and O–H groups in total. The Labute approximate surface area is 117 Å². The van der Waals surface area contributed by atoms with E-state index in [0.717, 1.165) is 36.7 Å². The lowest BCUT2D eigenvalue weighted by molar-refractivity contribution is 0.0229. The molecule has 1 aromatic rings. The maximum atomic E-state index is 5.78. The molecule has 0 aromatic carbocycles. The van der Waals surface area contributed by atoms with Crippen LogP contribution in [0.25, 0.3) is 0 Å². The van der Waals surface area contributed by atoms with Crippen LogP contribution in [0.3, 0.4) is 0 Å². The van der Waals surface area contributed by atoms with Crippen molar-refractivity contribution in [1.29, 1.82) is 0 Å². The molecule has 1 unspecified atom stereocenters. The van der Waals surface area contributed by atoms with Crippen molar-refractivity contribution in [1.82, 2.24) is 15.3 Å². The Balaban J connectivity index is 2.87. The summed E-state index contributed by atoms with van der Waals surface area (Å²) in [4.78, 5) is 9.19. The van der Waals surface area contributed by atoms with Crippen LogP contribution in [-0.2, 0) is 11.3 Å². The Morgan fingerprint density at radius 3 is 2.58 bits per heavy atom. The lowest BCUT2D eigenvalue weighted by Crippen LogP contribution is -2.19. The van der Waals surface area contributed by atoms with Gasteiger partial charge in [0.2, 0.25) is 0 Å². The third-order valence-corrected chi connectivity index (χ3v) is 2.86. The first-order valence-electron chi connectivity index (χ1n) is 7.25. The van der Waals surface area contributed by atoms with E-state index >= 15 is 0 Å². The van der Waals surface area contributed by atoms with E-state index in [0.29, 0.717) is 12.5 Å². The van der Waals surface area contributed by atoms with E-state index in [9.17, 15) is 0 Å². The molecule has 0 amide bonds. The predicted molar refractivity (Wildman–Crippen MR) is 78.0 cm³/mol. The molecule has 0 saturated carbocycles. The number of hydrogen-bond acceptors (Lipinski definition) is 4. The molecule has 1 aromatic heterocycles. The molecule has 1 rings (SSSR count). The van der Waals surface area contributed by atoms with Crippen LogP contribution in [0.4, 0.5) is 0 Å². The zero-order valence-electron chi connectivity index (χ0n) is 12.9. The Morgan fingerprint density at radius 2 is 2.00 bits per heavy atom. The summed E-state index contributed by atoms with van der Waals surface area (Å²) >= 11 is 0. The Bertz CT molecular complexity index is 380. The molecule has 0 fully saturated rings. The monoisotopic (exact) mass is 265 g/mol. The minimum absolute atomic E-state index is 0.0187. The van der Waals surface area contributed by atoms with Gasteiger partial charge in [-0.25, -0.2) is 9.97 Å². The minimum Gasteiger partial charge on any atom is -0.370 e. The molecule has 4 heteroatoms. The summed E-state index contributed by atoms with van der Waals surface area (Å²) in [6.07, 6.45) is 1.11. The Kier molecular flexibility index (Phi) is 6.95. The summed E-state index contributed by atoms with van der Waals surface area (Å²) in [5.74, 6) is 1.18. The maximum absolute atomic E-state index is 5.78. The van der Waals surface area contributed by atoms with Crippen molar-refractivity contribution in [2.75, 3.05) is 13.2 Å². The molecule has 0 aliphatic carbocycles. The van der Waals surface area contributed by atoms with E-state index in [4.69, 9.17) is 4.74 Å². The lowest BCUT2D eigenvalue weighted by Gasteiger charge is -2.20. The molecule has 1 atom stereocenters. The average Bonchev–Trinajstić information content (AvgIpc) is 2.35.